The summed E-state index contributed by atoms with van der Waals surface area (Å²) in [7, 11) is 0. The van der Waals surface area contributed by atoms with E-state index in [1.165, 1.54) is 34.2 Å². The zero-order valence-corrected chi connectivity index (χ0v) is 19.4. The van der Waals surface area contributed by atoms with Gasteiger partial charge in [0.1, 0.15) is 5.75 Å². The molecule has 0 radical (unpaired) electrons. The van der Waals surface area contributed by atoms with Crippen LogP contribution >= 0.6 is 0 Å². The van der Waals surface area contributed by atoms with Crippen LogP contribution in [0, 0.1) is 27.7 Å². The number of imidazole rings is 1. The van der Waals surface area contributed by atoms with E-state index < -0.39 is 0 Å². The Morgan fingerprint density at radius 2 is 1.36 bits per heavy atom. The molecule has 172 valence electrons. The van der Waals surface area contributed by atoms with Crippen LogP contribution in [0.1, 0.15) is 22.4 Å². The largest absolute Gasteiger partial charge is 0.508 e. The summed E-state index contributed by atoms with van der Waals surface area (Å²) in [6.45, 7) is 7.91. The molecule has 5 N–H and O–H groups in total. The minimum absolute atomic E-state index is 0.0602. The van der Waals surface area contributed by atoms with Gasteiger partial charge in [-0.2, -0.15) is 0 Å². The second-order valence-electron chi connectivity index (χ2n) is 7.58. The predicted molar refractivity (Wildman–Crippen MR) is 134 cm³/mol. The second kappa shape index (κ2) is 12.6. The number of H-pyrrole nitrogens is 2. The molecule has 0 fully saturated rings. The maximum absolute atomic E-state index is 8.85. The minimum atomic E-state index is -0.0689. The van der Waals surface area contributed by atoms with E-state index in [2.05, 4.69) is 40.1 Å². The van der Waals surface area contributed by atoms with Crippen LogP contribution in [0.3, 0.4) is 0 Å². The van der Waals surface area contributed by atoms with E-state index >= 15 is 0 Å². The average Bonchev–Trinajstić information content (AvgIpc) is 3.44. The molecule has 2 aromatic heterocycles. The van der Waals surface area contributed by atoms with E-state index in [4.69, 9.17) is 15.3 Å². The molecule has 0 unspecified atom stereocenters. The molecule has 5 rings (SSSR count). The van der Waals surface area contributed by atoms with E-state index in [9.17, 15) is 0 Å². The van der Waals surface area contributed by atoms with Gasteiger partial charge in [0.2, 0.25) is 0 Å². The van der Waals surface area contributed by atoms with Crippen LogP contribution in [0.4, 0.5) is 0 Å². The third kappa shape index (κ3) is 8.83. The smallest absolute Gasteiger partial charge is 0.157 e. The molecule has 0 saturated carbocycles. The fourth-order valence-electron chi connectivity index (χ4n) is 2.72. The van der Waals surface area contributed by atoms with Gasteiger partial charge in [0.15, 0.2) is 11.5 Å². The zero-order valence-electron chi connectivity index (χ0n) is 19.4. The fourth-order valence-corrected chi connectivity index (χ4v) is 2.72. The Kier molecular flexibility index (Phi) is 9.58. The number of phenolic OH excluding ortho intramolecular Hbond substituents is 3. The summed E-state index contributed by atoms with van der Waals surface area (Å²) in [5.74, 6) is 0.200. The van der Waals surface area contributed by atoms with Gasteiger partial charge in [-0.1, -0.05) is 42.0 Å². The Labute approximate surface area is 194 Å². The third-order valence-electron chi connectivity index (χ3n) is 4.60. The Hall–Kier alpha value is -4.19. The van der Waals surface area contributed by atoms with Crippen molar-refractivity contribution in [3.63, 3.8) is 0 Å². The lowest BCUT2D eigenvalue weighted by atomic mass is 10.2. The van der Waals surface area contributed by atoms with Crippen LogP contribution in [0.2, 0.25) is 0 Å². The standard InChI is InChI=1S/C9H9N.C7H8O2.C7H8O.C4H6N2/c1-7-6-10-9-5-3-2-4-8(7)9;1-5-2-3-6(8)7(9)4-5;1-6-2-4-7(8)5-3-6;1-4-2-5-3-6-4/h2-6,10H,1H3;2-4,8-9H,1H3;2-5,8H,1H3;2-3H,1H3,(H,5,6). The van der Waals surface area contributed by atoms with E-state index in [1.54, 1.807) is 30.7 Å². The van der Waals surface area contributed by atoms with Crippen molar-refractivity contribution in [3.8, 4) is 17.2 Å². The molecule has 33 heavy (non-hydrogen) atoms. The van der Waals surface area contributed by atoms with E-state index in [0.29, 0.717) is 5.75 Å². The van der Waals surface area contributed by atoms with Gasteiger partial charge in [-0.05, 0) is 69.2 Å². The number of rotatable bonds is 0. The molecule has 2 heterocycles. The quantitative estimate of drug-likeness (QED) is 0.180. The monoisotopic (exact) mass is 445 g/mol. The third-order valence-corrected chi connectivity index (χ3v) is 4.60. The van der Waals surface area contributed by atoms with Crippen LogP contribution in [0.15, 0.2) is 85.5 Å². The lowest BCUT2D eigenvalue weighted by Gasteiger charge is -1.95. The summed E-state index contributed by atoms with van der Waals surface area (Å²) in [5.41, 5.74) is 5.75. The van der Waals surface area contributed by atoms with Crippen molar-refractivity contribution in [3.05, 3.63) is 108 Å². The highest BCUT2D eigenvalue weighted by Crippen LogP contribution is 2.24. The molecule has 6 nitrogen and oxygen atoms in total. The molecule has 0 aliphatic heterocycles. The highest BCUT2D eigenvalue weighted by atomic mass is 16.3. The molecule has 0 aliphatic carbocycles. The van der Waals surface area contributed by atoms with Crippen LogP contribution in [0.5, 0.6) is 17.2 Å². The first-order chi connectivity index (χ1) is 15.8. The Bertz CT molecular complexity index is 1210. The van der Waals surface area contributed by atoms with Crippen LogP contribution in [0.25, 0.3) is 10.9 Å². The van der Waals surface area contributed by atoms with Gasteiger partial charge in [-0.3, -0.25) is 0 Å². The Balaban J connectivity index is 0.000000158. The van der Waals surface area contributed by atoms with Gasteiger partial charge in [0.05, 0.1) is 6.33 Å². The number of aromatic nitrogens is 3. The number of hydrogen-bond donors (Lipinski definition) is 5. The van der Waals surface area contributed by atoms with Gasteiger partial charge < -0.3 is 25.3 Å². The molecule has 5 aromatic rings. The molecule has 3 aromatic carbocycles. The maximum atomic E-state index is 8.85. The van der Waals surface area contributed by atoms with Crippen molar-refractivity contribution >= 4 is 10.9 Å². The lowest BCUT2D eigenvalue weighted by Crippen LogP contribution is -1.70. The zero-order chi connectivity index (χ0) is 24.2. The number of aromatic amines is 2. The summed E-state index contributed by atoms with van der Waals surface area (Å²) >= 11 is 0. The summed E-state index contributed by atoms with van der Waals surface area (Å²) < 4.78 is 0. The number of aryl methyl sites for hydroxylation is 4. The number of benzene rings is 3. The maximum Gasteiger partial charge on any atom is 0.157 e. The molecular weight excluding hydrogens is 414 g/mol. The molecule has 0 aliphatic rings. The molecule has 0 atom stereocenters. The number of phenols is 3. The topological polar surface area (TPSA) is 105 Å². The predicted octanol–water partition coefficient (Wildman–Crippen LogP) is 6.30. The highest BCUT2D eigenvalue weighted by molar-refractivity contribution is 5.82. The van der Waals surface area contributed by atoms with E-state index in [-0.39, 0.29) is 11.5 Å². The van der Waals surface area contributed by atoms with Crippen molar-refractivity contribution in [2.45, 2.75) is 27.7 Å². The van der Waals surface area contributed by atoms with Crippen molar-refractivity contribution in [2.75, 3.05) is 0 Å². The van der Waals surface area contributed by atoms with E-state index in [1.807, 2.05) is 45.2 Å². The van der Waals surface area contributed by atoms with Crippen LogP contribution in [-0.2, 0) is 0 Å². The van der Waals surface area contributed by atoms with Crippen molar-refractivity contribution in [2.24, 2.45) is 0 Å². The van der Waals surface area contributed by atoms with Crippen LogP contribution < -0.4 is 0 Å². The van der Waals surface area contributed by atoms with Gasteiger partial charge >= 0.3 is 0 Å². The molecular formula is C27H31N3O3. The second-order valence-corrected chi connectivity index (χ2v) is 7.58. The first-order valence-corrected chi connectivity index (χ1v) is 10.5. The number of nitrogens with zero attached hydrogens (tertiary/aromatic N) is 1. The Morgan fingerprint density at radius 1 is 0.697 bits per heavy atom. The van der Waals surface area contributed by atoms with Gasteiger partial charge in [0.25, 0.3) is 0 Å². The van der Waals surface area contributed by atoms with Crippen LogP contribution in [-0.4, -0.2) is 30.3 Å². The number of hydrogen-bond acceptors (Lipinski definition) is 4. The van der Waals surface area contributed by atoms with Crippen molar-refractivity contribution in [1.82, 2.24) is 15.0 Å². The summed E-state index contributed by atoms with van der Waals surface area (Å²) in [6.07, 6.45) is 5.47. The molecule has 0 spiro atoms. The first kappa shape index (κ1) is 25.1. The fraction of sp³-hybridized carbons (Fsp3) is 0.148. The molecule has 6 heteroatoms. The van der Waals surface area contributed by atoms with Gasteiger partial charge in [0, 0.05) is 29.0 Å². The number of nitrogens with one attached hydrogen (secondary N) is 2. The number of aromatic hydroxyl groups is 3. The average molecular weight is 446 g/mol. The molecule has 0 amide bonds. The lowest BCUT2D eigenvalue weighted by molar-refractivity contribution is 0.403. The normalized spacial score (nSPS) is 9.58. The van der Waals surface area contributed by atoms with Gasteiger partial charge in [-0.15, -0.1) is 0 Å². The van der Waals surface area contributed by atoms with Gasteiger partial charge in [-0.25, -0.2) is 4.98 Å². The first-order valence-electron chi connectivity index (χ1n) is 10.5. The number of para-hydroxylation sites is 1. The number of fused-ring (bicyclic) bond motifs is 1. The SMILES string of the molecule is Cc1c[nH]c2ccccc12.Cc1ccc(O)c(O)c1.Cc1ccc(O)cc1.Cc1cnc[nH]1. The van der Waals surface area contributed by atoms with E-state index in [0.717, 1.165) is 11.3 Å². The molecule has 0 bridgehead atoms. The summed E-state index contributed by atoms with van der Waals surface area (Å²) in [6, 6.07) is 20.1. The van der Waals surface area contributed by atoms with Crippen molar-refractivity contribution in [1.29, 1.82) is 0 Å². The molecule has 0 saturated heterocycles. The van der Waals surface area contributed by atoms with Crippen molar-refractivity contribution < 1.29 is 15.3 Å². The Morgan fingerprint density at radius 3 is 1.85 bits per heavy atom. The minimum Gasteiger partial charge on any atom is -0.508 e. The highest BCUT2D eigenvalue weighted by Gasteiger charge is 1.95. The summed E-state index contributed by atoms with van der Waals surface area (Å²) in [4.78, 5) is 9.84. The summed E-state index contributed by atoms with van der Waals surface area (Å²) in [5, 5.41) is 27.7.